The molecule has 1 aliphatic rings. The van der Waals surface area contributed by atoms with E-state index in [1.165, 1.54) is 0 Å². The van der Waals surface area contributed by atoms with Crippen molar-refractivity contribution in [3.8, 4) is 5.82 Å². The number of fused-ring (bicyclic) bond motifs is 3. The fraction of sp³-hybridized carbons (Fsp3) is 0.222. The minimum absolute atomic E-state index is 0.226. The Labute approximate surface area is 214 Å². The van der Waals surface area contributed by atoms with Crippen molar-refractivity contribution in [2.24, 2.45) is 4.99 Å². The molecule has 0 radical (unpaired) electrons. The molecule has 0 bridgehead atoms. The summed E-state index contributed by atoms with van der Waals surface area (Å²) in [4.78, 5) is 23.0. The van der Waals surface area contributed by atoms with E-state index in [1.807, 2.05) is 79.1 Å². The zero-order chi connectivity index (χ0) is 25.4. The van der Waals surface area contributed by atoms with Crippen molar-refractivity contribution in [2.45, 2.75) is 39.8 Å². The van der Waals surface area contributed by atoms with Crippen LogP contribution in [0, 0.1) is 13.8 Å². The van der Waals surface area contributed by atoms with Gasteiger partial charge in [-0.2, -0.15) is 0 Å². The van der Waals surface area contributed by atoms with Crippen molar-refractivity contribution in [3.05, 3.63) is 99.7 Å². The minimum atomic E-state index is -0.807. The number of hydrogen-bond donors (Lipinski definition) is 2. The Morgan fingerprint density at radius 2 is 1.81 bits per heavy atom. The van der Waals surface area contributed by atoms with Crippen LogP contribution in [0.3, 0.4) is 0 Å². The molecule has 8 nitrogen and oxygen atoms in total. The van der Waals surface area contributed by atoms with Crippen LogP contribution in [0.2, 0.25) is 5.02 Å². The van der Waals surface area contributed by atoms with Gasteiger partial charge < -0.3 is 10.6 Å². The van der Waals surface area contributed by atoms with Gasteiger partial charge in [-0.3, -0.25) is 9.56 Å². The molecule has 1 aliphatic heterocycles. The zero-order valence-electron chi connectivity index (χ0n) is 20.5. The maximum Gasteiger partial charge on any atom is 0.321 e. The molecule has 0 saturated heterocycles. The van der Waals surface area contributed by atoms with E-state index in [2.05, 4.69) is 34.7 Å². The van der Waals surface area contributed by atoms with Crippen molar-refractivity contribution in [3.63, 3.8) is 0 Å². The van der Waals surface area contributed by atoms with Crippen molar-refractivity contribution in [2.75, 3.05) is 5.32 Å². The zero-order valence-corrected chi connectivity index (χ0v) is 21.2. The molecule has 1 unspecified atom stereocenters. The Kier molecular flexibility index (Phi) is 6.28. The van der Waals surface area contributed by atoms with Gasteiger partial charge >= 0.3 is 6.03 Å². The lowest BCUT2D eigenvalue weighted by Gasteiger charge is -2.15. The Morgan fingerprint density at radius 3 is 2.53 bits per heavy atom. The average molecular weight is 500 g/mol. The molecule has 0 aliphatic carbocycles. The molecule has 2 N–H and O–H groups in total. The number of aliphatic imine (C=N–C) groups is 1. The first-order valence-electron chi connectivity index (χ1n) is 11.7. The number of hydrogen-bond acceptors (Lipinski definition) is 5. The van der Waals surface area contributed by atoms with Gasteiger partial charge in [0.05, 0.1) is 5.71 Å². The quantitative estimate of drug-likeness (QED) is 0.375. The summed E-state index contributed by atoms with van der Waals surface area (Å²) in [6, 6.07) is 18.7. The summed E-state index contributed by atoms with van der Waals surface area (Å²) in [7, 11) is 0. The second kappa shape index (κ2) is 9.54. The number of urea groups is 1. The van der Waals surface area contributed by atoms with Crippen LogP contribution in [0.5, 0.6) is 0 Å². The van der Waals surface area contributed by atoms with E-state index in [-0.39, 0.29) is 5.92 Å². The lowest BCUT2D eigenvalue weighted by molar-refractivity contribution is 0.248. The molecule has 2 aromatic heterocycles. The maximum absolute atomic E-state index is 13.0. The average Bonchev–Trinajstić information content (AvgIpc) is 3.17. The van der Waals surface area contributed by atoms with Crippen molar-refractivity contribution in [1.82, 2.24) is 25.1 Å². The highest BCUT2D eigenvalue weighted by Gasteiger charge is 2.30. The largest absolute Gasteiger partial charge is 0.321 e. The summed E-state index contributed by atoms with van der Waals surface area (Å²) >= 11 is 6.16. The second-order valence-corrected chi connectivity index (χ2v) is 9.49. The first kappa shape index (κ1) is 23.7. The van der Waals surface area contributed by atoms with E-state index >= 15 is 0 Å². The molecule has 4 aromatic rings. The van der Waals surface area contributed by atoms with Gasteiger partial charge in [-0.1, -0.05) is 49.7 Å². The number of amides is 2. The van der Waals surface area contributed by atoms with E-state index in [1.54, 1.807) is 0 Å². The van der Waals surface area contributed by atoms with Crippen LogP contribution in [0.1, 0.15) is 60.0 Å². The van der Waals surface area contributed by atoms with Crippen molar-refractivity contribution >= 4 is 29.0 Å². The molecule has 0 fully saturated rings. The number of nitrogens with zero attached hydrogens (tertiary/aromatic N) is 5. The molecule has 9 heteroatoms. The summed E-state index contributed by atoms with van der Waals surface area (Å²) < 4.78 is 1.87. The second-order valence-electron chi connectivity index (χ2n) is 9.06. The van der Waals surface area contributed by atoms with Gasteiger partial charge in [0.1, 0.15) is 11.6 Å². The number of benzene rings is 2. The predicted molar refractivity (Wildman–Crippen MR) is 141 cm³/mol. The van der Waals surface area contributed by atoms with E-state index in [9.17, 15) is 4.79 Å². The number of anilines is 1. The number of carbonyl (C=O) groups excluding carboxylic acids is 1. The highest BCUT2D eigenvalue weighted by atomic mass is 35.5. The Balaban J connectivity index is 1.63. The summed E-state index contributed by atoms with van der Waals surface area (Å²) in [5.74, 6) is 2.03. The predicted octanol–water partition coefficient (Wildman–Crippen LogP) is 5.73. The SMILES string of the molecule is Cc1cccc(NC(=O)NC2N=C(c3ccc(Cl)cc3)c3ccc(C(C)C)nc3-n3c(C)nnc32)c1. The van der Waals surface area contributed by atoms with E-state index in [0.29, 0.717) is 33.9 Å². The van der Waals surface area contributed by atoms with Gasteiger partial charge in [0.25, 0.3) is 0 Å². The number of rotatable bonds is 4. The summed E-state index contributed by atoms with van der Waals surface area (Å²) in [5, 5.41) is 15.2. The highest BCUT2D eigenvalue weighted by Crippen LogP contribution is 2.30. The van der Waals surface area contributed by atoms with E-state index in [4.69, 9.17) is 21.6 Å². The molecule has 36 heavy (non-hydrogen) atoms. The maximum atomic E-state index is 13.0. The standard InChI is InChI=1S/C27H26ClN7O/c1-15(2)22-13-12-21-23(18-8-10-19(28)11-9-18)31-24(26-34-33-17(4)35(26)25(21)30-22)32-27(36)29-20-7-5-6-16(3)14-20/h5-15,24H,1-4H3,(H2,29,32,36). The molecule has 0 saturated carbocycles. The fourth-order valence-corrected chi connectivity index (χ4v) is 4.29. The van der Waals surface area contributed by atoms with Crippen molar-refractivity contribution < 1.29 is 4.79 Å². The molecular formula is C27H26ClN7O. The summed E-state index contributed by atoms with van der Waals surface area (Å²) in [6.07, 6.45) is -0.807. The van der Waals surface area contributed by atoms with Crippen LogP contribution >= 0.6 is 11.6 Å². The van der Waals surface area contributed by atoms with Crippen LogP contribution in [0.15, 0.2) is 65.7 Å². The molecule has 5 rings (SSSR count). The van der Waals surface area contributed by atoms with Crippen LogP contribution in [0.4, 0.5) is 10.5 Å². The molecule has 3 heterocycles. The molecule has 2 aromatic carbocycles. The van der Waals surface area contributed by atoms with Crippen LogP contribution < -0.4 is 10.6 Å². The molecule has 1 atom stereocenters. The van der Waals surface area contributed by atoms with Crippen LogP contribution in [-0.2, 0) is 0 Å². The topological polar surface area (TPSA) is 97.1 Å². The molecule has 182 valence electrons. The minimum Gasteiger partial charge on any atom is -0.309 e. The molecule has 0 spiro atoms. The van der Waals surface area contributed by atoms with Gasteiger partial charge in [-0.15, -0.1) is 10.2 Å². The number of nitrogens with one attached hydrogen (secondary N) is 2. The van der Waals surface area contributed by atoms with Gasteiger partial charge in [0.15, 0.2) is 12.0 Å². The van der Waals surface area contributed by atoms with Gasteiger partial charge in [-0.05, 0) is 61.7 Å². The van der Waals surface area contributed by atoms with Crippen molar-refractivity contribution in [1.29, 1.82) is 0 Å². The van der Waals surface area contributed by atoms with Crippen LogP contribution in [-0.4, -0.2) is 31.5 Å². The lowest BCUT2D eigenvalue weighted by Crippen LogP contribution is -2.33. The monoisotopic (exact) mass is 499 g/mol. The smallest absolute Gasteiger partial charge is 0.309 e. The van der Waals surface area contributed by atoms with Crippen LogP contribution in [0.25, 0.3) is 5.82 Å². The summed E-state index contributed by atoms with van der Waals surface area (Å²) in [5.41, 5.74) is 5.01. The number of carbonyl (C=O) groups is 1. The Hall–Kier alpha value is -4.04. The Bertz CT molecular complexity index is 1470. The summed E-state index contributed by atoms with van der Waals surface area (Å²) in [6.45, 7) is 8.03. The third kappa shape index (κ3) is 4.59. The first-order valence-corrected chi connectivity index (χ1v) is 12.1. The third-order valence-corrected chi connectivity index (χ3v) is 6.22. The molecular weight excluding hydrogens is 474 g/mol. The van der Waals surface area contributed by atoms with E-state index < -0.39 is 12.2 Å². The molecule has 2 amide bonds. The number of halogens is 1. The van der Waals surface area contributed by atoms with Gasteiger partial charge in [0, 0.05) is 27.5 Å². The lowest BCUT2D eigenvalue weighted by atomic mass is 10.0. The highest BCUT2D eigenvalue weighted by molar-refractivity contribution is 6.30. The third-order valence-electron chi connectivity index (χ3n) is 5.97. The fourth-order valence-electron chi connectivity index (χ4n) is 4.16. The first-order chi connectivity index (χ1) is 17.3. The number of pyridine rings is 1. The van der Waals surface area contributed by atoms with E-state index in [0.717, 1.165) is 22.4 Å². The van der Waals surface area contributed by atoms with Gasteiger partial charge in [-0.25, -0.2) is 9.78 Å². The van der Waals surface area contributed by atoms with Gasteiger partial charge in [0.2, 0.25) is 0 Å². The normalized spacial score (nSPS) is 14.5. The number of aryl methyl sites for hydroxylation is 2. The Morgan fingerprint density at radius 1 is 1.03 bits per heavy atom. The number of aromatic nitrogens is 4.